The lowest BCUT2D eigenvalue weighted by atomic mass is 9.84. The molecule has 1 fully saturated rings. The summed E-state index contributed by atoms with van der Waals surface area (Å²) in [7, 11) is 2.27. The Kier molecular flexibility index (Phi) is 5.91. The minimum atomic E-state index is 0.685. The average molecular weight is 339 g/mol. The van der Waals surface area contributed by atoms with Gasteiger partial charge in [-0.05, 0) is 49.1 Å². The molecule has 0 aliphatic heterocycles. The van der Waals surface area contributed by atoms with Crippen molar-refractivity contribution >= 4 is 21.6 Å². The standard InChI is InChI=1S/C17H27BrN2/c1-4-19-12-14-11-15(18)9-10-17(14)20(3)16-8-6-5-7-13(16)2/h9-11,13,16,19H,4-8,12H2,1-3H3. The molecular weight excluding hydrogens is 312 g/mol. The van der Waals surface area contributed by atoms with Gasteiger partial charge >= 0.3 is 0 Å². The fourth-order valence-corrected chi connectivity index (χ4v) is 3.76. The summed E-state index contributed by atoms with van der Waals surface area (Å²) in [6.07, 6.45) is 5.47. The Morgan fingerprint density at radius 2 is 2.05 bits per heavy atom. The van der Waals surface area contributed by atoms with Crippen LogP contribution in [0.25, 0.3) is 0 Å². The zero-order chi connectivity index (χ0) is 14.5. The Balaban J connectivity index is 2.21. The van der Waals surface area contributed by atoms with E-state index in [0.29, 0.717) is 6.04 Å². The lowest BCUT2D eigenvalue weighted by molar-refractivity contribution is 0.321. The van der Waals surface area contributed by atoms with Crippen LogP contribution in [0.4, 0.5) is 5.69 Å². The van der Waals surface area contributed by atoms with E-state index in [-0.39, 0.29) is 0 Å². The van der Waals surface area contributed by atoms with Gasteiger partial charge in [0.1, 0.15) is 0 Å². The summed E-state index contributed by atoms with van der Waals surface area (Å²) in [4.78, 5) is 2.52. The summed E-state index contributed by atoms with van der Waals surface area (Å²) in [5, 5.41) is 3.45. The first kappa shape index (κ1) is 15.8. The van der Waals surface area contributed by atoms with E-state index in [2.05, 4.69) is 65.2 Å². The largest absolute Gasteiger partial charge is 0.371 e. The van der Waals surface area contributed by atoms with Gasteiger partial charge in [-0.1, -0.05) is 42.6 Å². The van der Waals surface area contributed by atoms with Crippen LogP contribution in [0, 0.1) is 5.92 Å². The van der Waals surface area contributed by atoms with Crippen LogP contribution in [0.5, 0.6) is 0 Å². The normalized spacial score (nSPS) is 22.8. The molecule has 1 aliphatic rings. The van der Waals surface area contributed by atoms with Crippen LogP contribution in [0.15, 0.2) is 22.7 Å². The number of anilines is 1. The molecule has 0 aromatic heterocycles. The first-order valence-electron chi connectivity index (χ1n) is 7.85. The molecule has 20 heavy (non-hydrogen) atoms. The predicted molar refractivity (Wildman–Crippen MR) is 91.3 cm³/mol. The van der Waals surface area contributed by atoms with Gasteiger partial charge in [0.25, 0.3) is 0 Å². The average Bonchev–Trinajstić information content (AvgIpc) is 2.45. The van der Waals surface area contributed by atoms with Crippen molar-refractivity contribution in [2.75, 3.05) is 18.5 Å². The Bertz CT molecular complexity index is 433. The molecule has 1 N–H and O–H groups in total. The number of nitrogens with one attached hydrogen (secondary N) is 1. The molecule has 1 aromatic carbocycles. The van der Waals surface area contributed by atoms with E-state index in [1.807, 2.05) is 0 Å². The van der Waals surface area contributed by atoms with Crippen molar-refractivity contribution in [3.63, 3.8) is 0 Å². The van der Waals surface area contributed by atoms with Crippen LogP contribution in [0.3, 0.4) is 0 Å². The molecule has 0 bridgehead atoms. The highest BCUT2D eigenvalue weighted by Gasteiger charge is 2.26. The molecule has 2 rings (SSSR count). The van der Waals surface area contributed by atoms with Crippen LogP contribution in [0.1, 0.15) is 45.1 Å². The summed E-state index contributed by atoms with van der Waals surface area (Å²) in [5.41, 5.74) is 2.77. The summed E-state index contributed by atoms with van der Waals surface area (Å²) in [6, 6.07) is 7.36. The number of hydrogen-bond donors (Lipinski definition) is 1. The molecule has 0 spiro atoms. The maximum Gasteiger partial charge on any atom is 0.0412 e. The number of hydrogen-bond acceptors (Lipinski definition) is 2. The van der Waals surface area contributed by atoms with E-state index in [4.69, 9.17) is 0 Å². The second-order valence-electron chi connectivity index (χ2n) is 5.99. The molecule has 0 saturated heterocycles. The molecule has 1 saturated carbocycles. The van der Waals surface area contributed by atoms with Crippen molar-refractivity contribution < 1.29 is 0 Å². The van der Waals surface area contributed by atoms with Crippen molar-refractivity contribution in [3.05, 3.63) is 28.2 Å². The van der Waals surface area contributed by atoms with E-state index >= 15 is 0 Å². The topological polar surface area (TPSA) is 15.3 Å². The van der Waals surface area contributed by atoms with Gasteiger partial charge in [-0.2, -0.15) is 0 Å². The van der Waals surface area contributed by atoms with E-state index in [9.17, 15) is 0 Å². The van der Waals surface area contributed by atoms with Crippen LogP contribution in [0.2, 0.25) is 0 Å². The minimum Gasteiger partial charge on any atom is -0.371 e. The van der Waals surface area contributed by atoms with Gasteiger partial charge in [0.2, 0.25) is 0 Å². The lowest BCUT2D eigenvalue weighted by Crippen LogP contribution is -2.39. The Hall–Kier alpha value is -0.540. The Morgan fingerprint density at radius 1 is 1.30 bits per heavy atom. The summed E-state index contributed by atoms with van der Waals surface area (Å²) >= 11 is 3.60. The summed E-state index contributed by atoms with van der Waals surface area (Å²) in [5.74, 6) is 0.796. The molecule has 2 unspecified atom stereocenters. The molecule has 0 radical (unpaired) electrons. The molecule has 0 heterocycles. The van der Waals surface area contributed by atoms with Gasteiger partial charge in [0.05, 0.1) is 0 Å². The first-order valence-corrected chi connectivity index (χ1v) is 8.64. The highest BCUT2D eigenvalue weighted by molar-refractivity contribution is 9.10. The molecule has 0 amide bonds. The monoisotopic (exact) mass is 338 g/mol. The zero-order valence-electron chi connectivity index (χ0n) is 13.0. The highest BCUT2D eigenvalue weighted by Crippen LogP contribution is 2.33. The Morgan fingerprint density at radius 3 is 2.75 bits per heavy atom. The van der Waals surface area contributed by atoms with Crippen molar-refractivity contribution in [3.8, 4) is 0 Å². The molecule has 112 valence electrons. The van der Waals surface area contributed by atoms with Crippen molar-refractivity contribution in [2.45, 2.75) is 52.1 Å². The van der Waals surface area contributed by atoms with Crippen molar-refractivity contribution in [1.82, 2.24) is 5.32 Å². The van der Waals surface area contributed by atoms with E-state index < -0.39 is 0 Å². The molecule has 1 aromatic rings. The maximum absolute atomic E-state index is 3.60. The summed E-state index contributed by atoms with van der Waals surface area (Å²) < 4.78 is 1.17. The highest BCUT2D eigenvalue weighted by atomic mass is 79.9. The van der Waals surface area contributed by atoms with Gasteiger partial charge in [-0.3, -0.25) is 0 Å². The molecule has 2 nitrogen and oxygen atoms in total. The van der Waals surface area contributed by atoms with Crippen LogP contribution >= 0.6 is 15.9 Å². The Labute approximate surface area is 132 Å². The molecule has 2 atom stereocenters. The number of nitrogens with zero attached hydrogens (tertiary/aromatic N) is 1. The SMILES string of the molecule is CCNCc1cc(Br)ccc1N(C)C1CCCCC1C. The summed E-state index contributed by atoms with van der Waals surface area (Å²) in [6.45, 7) is 6.51. The van der Waals surface area contributed by atoms with E-state index in [1.54, 1.807) is 0 Å². The van der Waals surface area contributed by atoms with Crippen LogP contribution in [-0.4, -0.2) is 19.6 Å². The number of rotatable bonds is 5. The second kappa shape index (κ2) is 7.46. The molecule has 3 heteroatoms. The van der Waals surface area contributed by atoms with E-state index in [0.717, 1.165) is 19.0 Å². The third-order valence-electron chi connectivity index (χ3n) is 4.55. The van der Waals surface area contributed by atoms with Crippen molar-refractivity contribution in [1.29, 1.82) is 0 Å². The van der Waals surface area contributed by atoms with Gasteiger partial charge in [0.15, 0.2) is 0 Å². The lowest BCUT2D eigenvalue weighted by Gasteiger charge is -2.38. The molecule has 1 aliphatic carbocycles. The number of benzene rings is 1. The first-order chi connectivity index (χ1) is 9.63. The third kappa shape index (κ3) is 3.76. The van der Waals surface area contributed by atoms with Crippen molar-refractivity contribution in [2.24, 2.45) is 5.92 Å². The quantitative estimate of drug-likeness (QED) is 0.845. The third-order valence-corrected chi connectivity index (χ3v) is 5.04. The number of halogens is 1. The molecular formula is C17H27BrN2. The zero-order valence-corrected chi connectivity index (χ0v) is 14.5. The fourth-order valence-electron chi connectivity index (χ4n) is 3.35. The van der Waals surface area contributed by atoms with Gasteiger partial charge in [0, 0.05) is 29.8 Å². The fraction of sp³-hybridized carbons (Fsp3) is 0.647. The second-order valence-corrected chi connectivity index (χ2v) is 6.91. The smallest absolute Gasteiger partial charge is 0.0412 e. The van der Waals surface area contributed by atoms with Gasteiger partial charge in [-0.25, -0.2) is 0 Å². The minimum absolute atomic E-state index is 0.685. The van der Waals surface area contributed by atoms with Crippen LogP contribution < -0.4 is 10.2 Å². The van der Waals surface area contributed by atoms with Crippen LogP contribution in [-0.2, 0) is 6.54 Å². The maximum atomic E-state index is 3.60. The van der Waals surface area contributed by atoms with Gasteiger partial charge < -0.3 is 10.2 Å². The van der Waals surface area contributed by atoms with E-state index in [1.165, 1.54) is 41.4 Å². The predicted octanol–water partition coefficient (Wildman–Crippen LogP) is 4.57. The van der Waals surface area contributed by atoms with Gasteiger partial charge in [-0.15, -0.1) is 0 Å².